The van der Waals surface area contributed by atoms with Gasteiger partial charge in [0.1, 0.15) is 0 Å². The summed E-state index contributed by atoms with van der Waals surface area (Å²) in [6.45, 7) is 8.22. The summed E-state index contributed by atoms with van der Waals surface area (Å²) in [4.78, 5) is 11.9. The lowest BCUT2D eigenvalue weighted by Crippen LogP contribution is -2.43. The Bertz CT molecular complexity index is 533. The van der Waals surface area contributed by atoms with E-state index in [1.54, 1.807) is 0 Å². The number of hydrogen-bond donors (Lipinski definition) is 3. The molecule has 0 aliphatic carbocycles. The lowest BCUT2D eigenvalue weighted by Gasteiger charge is -2.21. The van der Waals surface area contributed by atoms with E-state index in [-0.39, 0.29) is 11.6 Å². The first-order valence-corrected chi connectivity index (χ1v) is 6.76. The summed E-state index contributed by atoms with van der Waals surface area (Å²) >= 11 is 0. The molecule has 20 heavy (non-hydrogen) atoms. The molecule has 1 rings (SSSR count). The zero-order chi connectivity index (χ0) is 15.2. The fourth-order valence-corrected chi connectivity index (χ4v) is 1.73. The third kappa shape index (κ3) is 5.33. The van der Waals surface area contributed by atoms with Gasteiger partial charge in [-0.25, -0.2) is 4.79 Å². The molecule has 0 fully saturated rings. The molecule has 0 bridgehead atoms. The lowest BCUT2D eigenvalue weighted by atomic mass is 10.1. The van der Waals surface area contributed by atoms with Crippen molar-refractivity contribution in [1.82, 2.24) is 5.32 Å². The van der Waals surface area contributed by atoms with Gasteiger partial charge in [0.25, 0.3) is 0 Å². The van der Waals surface area contributed by atoms with Gasteiger partial charge in [-0.15, -0.1) is 0 Å². The van der Waals surface area contributed by atoms with Gasteiger partial charge >= 0.3 is 6.03 Å². The van der Waals surface area contributed by atoms with Crippen LogP contribution in [0.4, 0.5) is 10.5 Å². The number of amides is 2. The van der Waals surface area contributed by atoms with Crippen molar-refractivity contribution in [3.8, 4) is 11.8 Å². The molecule has 0 unspecified atom stereocenters. The average molecular weight is 273 g/mol. The highest BCUT2D eigenvalue weighted by molar-refractivity contribution is 5.90. The molecule has 0 spiro atoms. The van der Waals surface area contributed by atoms with E-state index in [4.69, 9.17) is 5.73 Å². The molecule has 0 aromatic heterocycles. The van der Waals surface area contributed by atoms with Crippen LogP contribution in [0.15, 0.2) is 18.2 Å². The van der Waals surface area contributed by atoms with Crippen LogP contribution in [-0.4, -0.2) is 18.1 Å². The largest absolute Gasteiger partial charge is 0.333 e. The summed E-state index contributed by atoms with van der Waals surface area (Å²) in [7, 11) is 0. The number of anilines is 1. The van der Waals surface area contributed by atoms with E-state index >= 15 is 0 Å². The van der Waals surface area contributed by atoms with Crippen LogP contribution in [0.25, 0.3) is 0 Å². The number of hydrogen-bond acceptors (Lipinski definition) is 2. The molecule has 4 N–H and O–H groups in total. The first-order chi connectivity index (χ1) is 9.35. The number of carbonyl (C=O) groups excluding carboxylic acids is 1. The molecule has 0 atom stereocenters. The van der Waals surface area contributed by atoms with Crippen molar-refractivity contribution in [2.45, 2.75) is 39.7 Å². The predicted molar refractivity (Wildman–Crippen MR) is 83.7 cm³/mol. The summed E-state index contributed by atoms with van der Waals surface area (Å²) in [5, 5.41) is 5.75. The van der Waals surface area contributed by atoms with Crippen LogP contribution < -0.4 is 16.4 Å². The van der Waals surface area contributed by atoms with Crippen LogP contribution in [0.2, 0.25) is 0 Å². The summed E-state index contributed by atoms with van der Waals surface area (Å²) in [5.74, 6) is 5.82. The Hall–Kier alpha value is -1.99. The van der Waals surface area contributed by atoms with Gasteiger partial charge in [0.15, 0.2) is 0 Å². The van der Waals surface area contributed by atoms with Gasteiger partial charge in [-0.3, -0.25) is 0 Å². The molecule has 0 aliphatic heterocycles. The third-order valence-electron chi connectivity index (χ3n) is 2.56. The third-order valence-corrected chi connectivity index (χ3v) is 2.56. The number of carbonyl (C=O) groups is 1. The molecular formula is C16H23N3O. The monoisotopic (exact) mass is 273 g/mol. The normalized spacial score (nSPS) is 10.4. The Labute approximate surface area is 121 Å². The highest BCUT2D eigenvalue weighted by atomic mass is 16.2. The van der Waals surface area contributed by atoms with Crippen molar-refractivity contribution in [2.24, 2.45) is 5.73 Å². The molecule has 0 radical (unpaired) electrons. The molecule has 108 valence electrons. The van der Waals surface area contributed by atoms with Crippen molar-refractivity contribution in [1.29, 1.82) is 0 Å². The second-order valence-electron chi connectivity index (χ2n) is 5.56. The van der Waals surface area contributed by atoms with Gasteiger partial charge in [0, 0.05) is 16.8 Å². The zero-order valence-electron chi connectivity index (χ0n) is 12.6. The minimum Gasteiger partial charge on any atom is -0.333 e. The van der Waals surface area contributed by atoms with Gasteiger partial charge in [0.2, 0.25) is 0 Å². The van der Waals surface area contributed by atoms with Crippen LogP contribution in [-0.2, 0) is 6.42 Å². The smallest absolute Gasteiger partial charge is 0.319 e. The van der Waals surface area contributed by atoms with Crippen molar-refractivity contribution in [3.05, 3.63) is 29.3 Å². The van der Waals surface area contributed by atoms with E-state index in [9.17, 15) is 4.79 Å². The molecule has 0 saturated heterocycles. The maximum Gasteiger partial charge on any atom is 0.319 e. The first kappa shape index (κ1) is 16.1. The van der Waals surface area contributed by atoms with E-state index in [1.807, 2.05) is 45.9 Å². The number of rotatable bonds is 2. The van der Waals surface area contributed by atoms with E-state index in [2.05, 4.69) is 22.5 Å². The lowest BCUT2D eigenvalue weighted by molar-refractivity contribution is 0.244. The molecule has 4 nitrogen and oxygen atoms in total. The number of nitrogens with one attached hydrogen (secondary N) is 2. The Morgan fingerprint density at radius 2 is 2.05 bits per heavy atom. The van der Waals surface area contributed by atoms with Gasteiger partial charge in [-0.05, 0) is 51.0 Å². The quantitative estimate of drug-likeness (QED) is 0.725. The highest BCUT2D eigenvalue weighted by Crippen LogP contribution is 2.18. The van der Waals surface area contributed by atoms with E-state index in [0.717, 1.165) is 23.2 Å². The SMILES string of the molecule is CCc1cc(C#CCN)ccc1NC(=O)NC(C)(C)C. The minimum atomic E-state index is -0.261. The van der Waals surface area contributed by atoms with Crippen molar-refractivity contribution < 1.29 is 4.79 Å². The first-order valence-electron chi connectivity index (χ1n) is 6.76. The fourth-order valence-electron chi connectivity index (χ4n) is 1.73. The number of nitrogens with two attached hydrogens (primary N) is 1. The molecule has 0 saturated carbocycles. The van der Waals surface area contributed by atoms with Gasteiger partial charge in [0.05, 0.1) is 6.54 Å². The van der Waals surface area contributed by atoms with E-state index in [1.165, 1.54) is 0 Å². The fraction of sp³-hybridized carbons (Fsp3) is 0.438. The van der Waals surface area contributed by atoms with Crippen LogP contribution in [0, 0.1) is 11.8 Å². The molecule has 1 aromatic rings. The van der Waals surface area contributed by atoms with Crippen molar-refractivity contribution in [2.75, 3.05) is 11.9 Å². The number of benzene rings is 1. The molecule has 0 heterocycles. The maximum absolute atomic E-state index is 11.9. The molecule has 4 heteroatoms. The minimum absolute atomic E-state index is 0.201. The zero-order valence-corrected chi connectivity index (χ0v) is 12.6. The average Bonchev–Trinajstić information content (AvgIpc) is 2.35. The van der Waals surface area contributed by atoms with Crippen LogP contribution in [0.1, 0.15) is 38.8 Å². The molecule has 0 aliphatic rings. The van der Waals surface area contributed by atoms with Crippen molar-refractivity contribution >= 4 is 11.7 Å². The number of urea groups is 1. The maximum atomic E-state index is 11.9. The van der Waals surface area contributed by atoms with Crippen molar-refractivity contribution in [3.63, 3.8) is 0 Å². The summed E-state index contributed by atoms with van der Waals surface area (Å²) < 4.78 is 0. The summed E-state index contributed by atoms with van der Waals surface area (Å²) in [5.41, 5.74) is 7.88. The second kappa shape index (κ2) is 6.97. The Morgan fingerprint density at radius 1 is 1.35 bits per heavy atom. The topological polar surface area (TPSA) is 67.1 Å². The van der Waals surface area contributed by atoms with E-state index in [0.29, 0.717) is 6.54 Å². The standard InChI is InChI=1S/C16H23N3O/c1-5-13-11-12(7-6-10-17)8-9-14(13)18-15(20)19-16(2,3)4/h8-9,11H,5,10,17H2,1-4H3,(H2,18,19,20). The van der Waals surface area contributed by atoms with Gasteiger partial charge in [-0.2, -0.15) is 0 Å². The Kier molecular flexibility index (Phi) is 5.60. The Balaban J connectivity index is 2.88. The predicted octanol–water partition coefficient (Wildman–Crippen LogP) is 2.48. The molecular weight excluding hydrogens is 250 g/mol. The summed E-state index contributed by atoms with van der Waals surface area (Å²) in [6.07, 6.45) is 0.823. The Morgan fingerprint density at radius 3 is 2.60 bits per heavy atom. The summed E-state index contributed by atoms with van der Waals surface area (Å²) in [6, 6.07) is 5.54. The van der Waals surface area contributed by atoms with Gasteiger partial charge in [-0.1, -0.05) is 18.8 Å². The van der Waals surface area contributed by atoms with Gasteiger partial charge < -0.3 is 16.4 Å². The molecule has 2 amide bonds. The van der Waals surface area contributed by atoms with Crippen LogP contribution in [0.5, 0.6) is 0 Å². The number of aryl methyl sites for hydroxylation is 1. The van der Waals surface area contributed by atoms with Crippen LogP contribution >= 0.6 is 0 Å². The molecule has 1 aromatic carbocycles. The van der Waals surface area contributed by atoms with Crippen LogP contribution in [0.3, 0.4) is 0 Å². The second-order valence-corrected chi connectivity index (χ2v) is 5.56. The van der Waals surface area contributed by atoms with E-state index < -0.39 is 0 Å². The highest BCUT2D eigenvalue weighted by Gasteiger charge is 2.14.